The summed E-state index contributed by atoms with van der Waals surface area (Å²) in [6.45, 7) is 0. The lowest BCUT2D eigenvalue weighted by Crippen LogP contribution is -2.19. The highest BCUT2D eigenvalue weighted by Gasteiger charge is 2.18. The molecule has 0 spiro atoms. The average Bonchev–Trinajstić information content (AvgIpc) is 2.52. The molecule has 21 heavy (non-hydrogen) atoms. The van der Waals surface area contributed by atoms with Gasteiger partial charge in [0.25, 0.3) is 0 Å². The molecule has 0 aliphatic rings. The average molecular weight is 345 g/mol. The van der Waals surface area contributed by atoms with Gasteiger partial charge in [-0.3, -0.25) is 4.98 Å². The number of hydrogen-bond acceptors (Lipinski definition) is 2. The van der Waals surface area contributed by atoms with Crippen LogP contribution in [-0.2, 0) is 0 Å². The van der Waals surface area contributed by atoms with Gasteiger partial charge in [-0.1, -0.05) is 30.3 Å². The molecule has 1 atom stereocenters. The number of fused-ring (bicyclic) bond motifs is 1. The van der Waals surface area contributed by atoms with Gasteiger partial charge in [-0.05, 0) is 46.7 Å². The highest BCUT2D eigenvalue weighted by atomic mass is 79.9. The van der Waals surface area contributed by atoms with Crippen LogP contribution < -0.4 is 5.32 Å². The number of nitrogens with one attached hydrogen (secondary N) is 1. The predicted molar refractivity (Wildman–Crippen MR) is 86.7 cm³/mol. The van der Waals surface area contributed by atoms with Crippen LogP contribution >= 0.6 is 15.9 Å². The number of halogens is 2. The van der Waals surface area contributed by atoms with Crippen LogP contribution in [0.5, 0.6) is 0 Å². The molecule has 1 aromatic heterocycles. The van der Waals surface area contributed by atoms with Crippen molar-refractivity contribution in [2.75, 3.05) is 7.05 Å². The van der Waals surface area contributed by atoms with Gasteiger partial charge < -0.3 is 5.32 Å². The highest BCUT2D eigenvalue weighted by Crippen LogP contribution is 2.29. The first kappa shape index (κ1) is 14.2. The van der Waals surface area contributed by atoms with E-state index in [4.69, 9.17) is 0 Å². The lowest BCUT2D eigenvalue weighted by molar-refractivity contribution is 0.570. The molecule has 0 saturated carbocycles. The van der Waals surface area contributed by atoms with E-state index in [0.29, 0.717) is 10.0 Å². The maximum atomic E-state index is 14.3. The fraction of sp³-hybridized carbons (Fsp3) is 0.118. The first-order valence-electron chi connectivity index (χ1n) is 6.66. The Hall–Kier alpha value is -1.78. The molecule has 0 aliphatic heterocycles. The zero-order valence-electron chi connectivity index (χ0n) is 11.5. The normalized spacial score (nSPS) is 12.5. The molecule has 3 aromatic rings. The third kappa shape index (κ3) is 2.69. The minimum Gasteiger partial charge on any atom is -0.309 e. The molecule has 0 aliphatic carbocycles. The zero-order chi connectivity index (χ0) is 14.8. The molecule has 0 bridgehead atoms. The fourth-order valence-corrected chi connectivity index (χ4v) is 2.87. The van der Waals surface area contributed by atoms with E-state index in [0.717, 1.165) is 16.5 Å². The van der Waals surface area contributed by atoms with Crippen LogP contribution in [0.15, 0.2) is 59.2 Å². The molecule has 2 aromatic carbocycles. The molecule has 4 heteroatoms. The molecule has 2 nitrogen and oxygen atoms in total. The predicted octanol–water partition coefficient (Wildman–Crippen LogP) is 4.45. The van der Waals surface area contributed by atoms with E-state index < -0.39 is 0 Å². The van der Waals surface area contributed by atoms with E-state index in [1.165, 1.54) is 0 Å². The van der Waals surface area contributed by atoms with Crippen LogP contribution in [0.2, 0.25) is 0 Å². The molecule has 0 saturated heterocycles. The van der Waals surface area contributed by atoms with Crippen molar-refractivity contribution < 1.29 is 4.39 Å². The second kappa shape index (κ2) is 5.92. The van der Waals surface area contributed by atoms with E-state index in [9.17, 15) is 4.39 Å². The summed E-state index contributed by atoms with van der Waals surface area (Å²) in [5.41, 5.74) is 2.47. The van der Waals surface area contributed by atoms with Crippen molar-refractivity contribution in [3.05, 3.63) is 76.1 Å². The fourth-order valence-electron chi connectivity index (χ4n) is 2.49. The monoisotopic (exact) mass is 344 g/mol. The lowest BCUT2D eigenvalue weighted by Gasteiger charge is -2.18. The molecule has 0 radical (unpaired) electrons. The van der Waals surface area contributed by atoms with E-state index in [1.54, 1.807) is 18.3 Å². The smallest absolute Gasteiger partial charge is 0.142 e. The molecular formula is C17H14BrFN2. The third-order valence-corrected chi connectivity index (χ3v) is 4.14. The quantitative estimate of drug-likeness (QED) is 0.759. The van der Waals surface area contributed by atoms with Crippen LogP contribution in [0.4, 0.5) is 4.39 Å². The number of hydrogen-bond donors (Lipinski definition) is 1. The summed E-state index contributed by atoms with van der Waals surface area (Å²) in [7, 11) is 1.82. The van der Waals surface area contributed by atoms with Gasteiger partial charge in [-0.2, -0.15) is 0 Å². The second-order valence-corrected chi connectivity index (χ2v) is 5.68. The number of pyridine rings is 1. The van der Waals surface area contributed by atoms with E-state index in [2.05, 4.69) is 26.2 Å². The summed E-state index contributed by atoms with van der Waals surface area (Å²) in [4.78, 5) is 4.45. The number of para-hydroxylation sites is 1. The second-order valence-electron chi connectivity index (χ2n) is 4.83. The Morgan fingerprint density at radius 1 is 1.14 bits per heavy atom. The van der Waals surface area contributed by atoms with Gasteiger partial charge in [0.1, 0.15) is 5.82 Å². The Kier molecular flexibility index (Phi) is 3.99. The topological polar surface area (TPSA) is 24.9 Å². The Morgan fingerprint density at radius 2 is 1.95 bits per heavy atom. The van der Waals surface area contributed by atoms with E-state index in [1.807, 2.05) is 43.4 Å². The van der Waals surface area contributed by atoms with Gasteiger partial charge in [0.15, 0.2) is 0 Å². The molecule has 0 fully saturated rings. The van der Waals surface area contributed by atoms with Crippen molar-refractivity contribution in [1.82, 2.24) is 10.3 Å². The van der Waals surface area contributed by atoms with Crippen LogP contribution in [0.1, 0.15) is 17.2 Å². The van der Waals surface area contributed by atoms with Gasteiger partial charge >= 0.3 is 0 Å². The van der Waals surface area contributed by atoms with Crippen molar-refractivity contribution in [3.8, 4) is 0 Å². The Labute approximate surface area is 131 Å². The molecule has 1 heterocycles. The number of rotatable bonds is 3. The minimum absolute atomic E-state index is 0.236. The minimum atomic E-state index is -0.245. The molecule has 0 amide bonds. The molecular weight excluding hydrogens is 331 g/mol. The van der Waals surface area contributed by atoms with E-state index in [-0.39, 0.29) is 11.9 Å². The number of nitrogens with zero attached hydrogens (tertiary/aromatic N) is 1. The van der Waals surface area contributed by atoms with Crippen LogP contribution in [0.3, 0.4) is 0 Å². The van der Waals surface area contributed by atoms with Crippen molar-refractivity contribution in [2.45, 2.75) is 6.04 Å². The largest absolute Gasteiger partial charge is 0.309 e. The standard InChI is InChI=1S/C17H14BrFN2/c1-20-17(13-6-4-7-14(18)16(13)19)12-9-11-5-2-3-8-15(11)21-10-12/h2-10,17,20H,1H3. The maximum absolute atomic E-state index is 14.3. The summed E-state index contributed by atoms with van der Waals surface area (Å²) in [6, 6.07) is 15.0. The molecule has 1 N–H and O–H groups in total. The van der Waals surface area contributed by atoms with Crippen molar-refractivity contribution >= 4 is 26.8 Å². The summed E-state index contributed by atoms with van der Waals surface area (Å²) in [5.74, 6) is -0.245. The van der Waals surface area contributed by atoms with Crippen LogP contribution in [0.25, 0.3) is 10.9 Å². The van der Waals surface area contributed by atoms with Gasteiger partial charge in [0, 0.05) is 17.1 Å². The van der Waals surface area contributed by atoms with Gasteiger partial charge in [-0.15, -0.1) is 0 Å². The SMILES string of the molecule is CNC(c1cnc2ccccc2c1)c1cccc(Br)c1F. The van der Waals surface area contributed by atoms with Crippen LogP contribution in [-0.4, -0.2) is 12.0 Å². The highest BCUT2D eigenvalue weighted by molar-refractivity contribution is 9.10. The summed E-state index contributed by atoms with van der Waals surface area (Å²) >= 11 is 3.24. The van der Waals surface area contributed by atoms with Crippen LogP contribution in [0, 0.1) is 5.82 Å². The zero-order valence-corrected chi connectivity index (χ0v) is 13.1. The summed E-state index contributed by atoms with van der Waals surface area (Å²) in [6.07, 6.45) is 1.80. The van der Waals surface area contributed by atoms with Crippen molar-refractivity contribution in [2.24, 2.45) is 0 Å². The molecule has 106 valence electrons. The summed E-state index contributed by atoms with van der Waals surface area (Å²) < 4.78 is 14.8. The molecule has 3 rings (SSSR count). The first-order valence-corrected chi connectivity index (χ1v) is 7.46. The number of aromatic nitrogens is 1. The van der Waals surface area contributed by atoms with Gasteiger partial charge in [-0.25, -0.2) is 4.39 Å². The van der Waals surface area contributed by atoms with Gasteiger partial charge in [0.2, 0.25) is 0 Å². The number of benzene rings is 2. The first-order chi connectivity index (χ1) is 10.2. The Bertz CT molecular complexity index is 789. The molecule has 1 unspecified atom stereocenters. The Balaban J connectivity index is 2.11. The lowest BCUT2D eigenvalue weighted by atomic mass is 9.98. The van der Waals surface area contributed by atoms with Gasteiger partial charge in [0.05, 0.1) is 16.0 Å². The maximum Gasteiger partial charge on any atom is 0.142 e. The Morgan fingerprint density at radius 3 is 2.76 bits per heavy atom. The third-order valence-electron chi connectivity index (χ3n) is 3.53. The van der Waals surface area contributed by atoms with Crippen molar-refractivity contribution in [1.29, 1.82) is 0 Å². The van der Waals surface area contributed by atoms with Crippen molar-refractivity contribution in [3.63, 3.8) is 0 Å². The van der Waals surface area contributed by atoms with E-state index >= 15 is 0 Å². The summed E-state index contributed by atoms with van der Waals surface area (Å²) in [5, 5.41) is 4.21.